The quantitative estimate of drug-likeness (QED) is 0.829. The summed E-state index contributed by atoms with van der Waals surface area (Å²) in [6.45, 7) is 4.42. The Morgan fingerprint density at radius 2 is 2.14 bits per heavy atom. The first-order chi connectivity index (χ1) is 10.0. The van der Waals surface area contributed by atoms with Gasteiger partial charge in [-0.3, -0.25) is 0 Å². The zero-order chi connectivity index (χ0) is 15.1. The molecule has 2 aromatic rings. The van der Waals surface area contributed by atoms with Crippen LogP contribution in [0.2, 0.25) is 5.02 Å². The molecule has 7 heteroatoms. The molecule has 0 saturated carbocycles. The fourth-order valence-electron chi connectivity index (χ4n) is 3.01. The highest BCUT2D eigenvalue weighted by Gasteiger charge is 2.27. The van der Waals surface area contributed by atoms with Gasteiger partial charge in [-0.25, -0.2) is 4.68 Å². The second-order valence-electron chi connectivity index (χ2n) is 5.54. The number of fused-ring (bicyclic) bond motifs is 1. The first kappa shape index (κ1) is 14.8. The fraction of sp³-hybridized carbons (Fsp3) is 0.500. The van der Waals surface area contributed by atoms with E-state index in [9.17, 15) is 10.0 Å². The van der Waals surface area contributed by atoms with Gasteiger partial charge in [0.05, 0.1) is 11.2 Å². The smallest absolute Gasteiger partial charge is 0.423 e. The molecule has 1 unspecified atom stereocenters. The Balaban J connectivity index is 2.24. The highest BCUT2D eigenvalue weighted by molar-refractivity contribution is 6.66. The largest absolute Gasteiger partial charge is 0.490 e. The molecular formula is C14H18BClN2O3. The summed E-state index contributed by atoms with van der Waals surface area (Å²) in [4.78, 5) is 0. The van der Waals surface area contributed by atoms with Crippen LogP contribution in [-0.4, -0.2) is 33.6 Å². The van der Waals surface area contributed by atoms with E-state index in [0.29, 0.717) is 15.9 Å². The van der Waals surface area contributed by atoms with Crippen molar-refractivity contribution in [2.45, 2.75) is 39.3 Å². The Morgan fingerprint density at radius 3 is 2.76 bits per heavy atom. The molecule has 1 aromatic carbocycles. The molecule has 21 heavy (non-hydrogen) atoms. The lowest BCUT2D eigenvalue weighted by atomic mass is 9.76. The van der Waals surface area contributed by atoms with Gasteiger partial charge in [0, 0.05) is 22.5 Å². The van der Waals surface area contributed by atoms with Crippen molar-refractivity contribution in [2.75, 3.05) is 6.61 Å². The third-order valence-electron chi connectivity index (χ3n) is 4.01. The van der Waals surface area contributed by atoms with Crippen LogP contribution < -0.4 is 5.46 Å². The van der Waals surface area contributed by atoms with Crippen molar-refractivity contribution in [3.05, 3.63) is 22.3 Å². The monoisotopic (exact) mass is 308 g/mol. The van der Waals surface area contributed by atoms with Gasteiger partial charge in [-0.05, 0) is 44.7 Å². The Kier molecular flexibility index (Phi) is 3.97. The van der Waals surface area contributed by atoms with Crippen LogP contribution in [0.1, 0.15) is 36.7 Å². The minimum Gasteiger partial charge on any atom is -0.423 e. The summed E-state index contributed by atoms with van der Waals surface area (Å²) < 4.78 is 7.64. The van der Waals surface area contributed by atoms with Crippen molar-refractivity contribution in [2.24, 2.45) is 0 Å². The average molecular weight is 309 g/mol. The molecule has 2 N–H and O–H groups in total. The highest BCUT2D eigenvalue weighted by Crippen LogP contribution is 2.30. The number of hydrogen-bond donors (Lipinski definition) is 2. The van der Waals surface area contributed by atoms with Gasteiger partial charge in [-0.15, -0.1) is 0 Å². The molecule has 5 nitrogen and oxygen atoms in total. The summed E-state index contributed by atoms with van der Waals surface area (Å²) in [7, 11) is -1.62. The first-order valence-electron chi connectivity index (χ1n) is 7.16. The topological polar surface area (TPSA) is 67.5 Å². The average Bonchev–Trinajstić information content (AvgIpc) is 2.77. The third kappa shape index (κ3) is 2.46. The molecule has 0 spiro atoms. The zero-order valence-electron chi connectivity index (χ0n) is 12.1. The van der Waals surface area contributed by atoms with Gasteiger partial charge in [0.25, 0.3) is 0 Å². The molecule has 1 aliphatic heterocycles. The minimum atomic E-state index is -1.62. The van der Waals surface area contributed by atoms with Gasteiger partial charge in [-0.1, -0.05) is 11.6 Å². The molecule has 0 bridgehead atoms. The Morgan fingerprint density at radius 1 is 1.38 bits per heavy atom. The first-order valence-corrected chi connectivity index (χ1v) is 7.54. The van der Waals surface area contributed by atoms with E-state index in [1.54, 1.807) is 0 Å². The maximum absolute atomic E-state index is 9.67. The molecule has 1 aromatic heterocycles. The molecule has 3 rings (SSSR count). The molecule has 2 heterocycles. The van der Waals surface area contributed by atoms with E-state index >= 15 is 0 Å². The van der Waals surface area contributed by atoms with Gasteiger partial charge >= 0.3 is 7.12 Å². The molecule has 1 aliphatic rings. The summed E-state index contributed by atoms with van der Waals surface area (Å²) in [5, 5.41) is 25.0. The van der Waals surface area contributed by atoms with Crippen LogP contribution in [0.3, 0.4) is 0 Å². The maximum atomic E-state index is 9.67. The number of aryl methyl sites for hydroxylation is 2. The second-order valence-corrected chi connectivity index (χ2v) is 5.92. The number of benzene rings is 1. The van der Waals surface area contributed by atoms with Crippen LogP contribution in [0.15, 0.2) is 6.07 Å². The van der Waals surface area contributed by atoms with Gasteiger partial charge in [0.2, 0.25) is 0 Å². The van der Waals surface area contributed by atoms with Crippen LogP contribution in [0.25, 0.3) is 10.9 Å². The maximum Gasteiger partial charge on any atom is 0.490 e. The van der Waals surface area contributed by atoms with E-state index in [0.717, 1.165) is 42.6 Å². The van der Waals surface area contributed by atoms with E-state index < -0.39 is 7.12 Å². The summed E-state index contributed by atoms with van der Waals surface area (Å²) in [6.07, 6.45) is 2.99. The SMILES string of the molecule is Cc1cc2c(c(C)nn2C2CCCCO2)c(B(O)O)c1Cl. The molecule has 0 radical (unpaired) electrons. The van der Waals surface area contributed by atoms with Crippen LogP contribution in [0.5, 0.6) is 0 Å². The van der Waals surface area contributed by atoms with Crippen molar-refractivity contribution in [1.82, 2.24) is 9.78 Å². The Labute approximate surface area is 128 Å². The number of rotatable bonds is 2. The lowest BCUT2D eigenvalue weighted by Crippen LogP contribution is -2.32. The summed E-state index contributed by atoms with van der Waals surface area (Å²) >= 11 is 6.25. The predicted molar refractivity (Wildman–Crippen MR) is 82.9 cm³/mol. The molecule has 1 fully saturated rings. The summed E-state index contributed by atoms with van der Waals surface area (Å²) in [6, 6.07) is 1.93. The third-order valence-corrected chi connectivity index (χ3v) is 4.52. The summed E-state index contributed by atoms with van der Waals surface area (Å²) in [5.74, 6) is 0. The van der Waals surface area contributed by atoms with Crippen LogP contribution in [0, 0.1) is 13.8 Å². The molecule has 1 saturated heterocycles. The van der Waals surface area contributed by atoms with E-state index in [1.165, 1.54) is 0 Å². The second kappa shape index (κ2) is 5.61. The predicted octanol–water partition coefficient (Wildman–Crippen LogP) is 1.69. The Bertz CT molecular complexity index is 681. The number of hydrogen-bond acceptors (Lipinski definition) is 4. The van der Waals surface area contributed by atoms with Gasteiger partial charge in [0.15, 0.2) is 6.23 Å². The molecule has 0 amide bonds. The van der Waals surface area contributed by atoms with E-state index in [2.05, 4.69) is 5.10 Å². The zero-order valence-corrected chi connectivity index (χ0v) is 12.9. The minimum absolute atomic E-state index is 0.0980. The standard InChI is InChI=1S/C14H18BClN2O3/c1-8-7-10-12(13(14(8)16)15(19)20)9(2)17-18(10)11-5-3-4-6-21-11/h7,11,19-20H,3-6H2,1-2H3. The molecule has 0 aliphatic carbocycles. The molecular weight excluding hydrogens is 290 g/mol. The van der Waals surface area contributed by atoms with Gasteiger partial charge in [0.1, 0.15) is 0 Å². The fourth-order valence-corrected chi connectivity index (χ4v) is 3.25. The summed E-state index contributed by atoms with van der Waals surface area (Å²) in [5.41, 5.74) is 2.68. The van der Waals surface area contributed by atoms with Crippen molar-refractivity contribution in [1.29, 1.82) is 0 Å². The van der Waals surface area contributed by atoms with E-state index in [-0.39, 0.29) is 6.23 Å². The van der Waals surface area contributed by atoms with Crippen molar-refractivity contribution >= 4 is 35.1 Å². The number of aromatic nitrogens is 2. The lowest BCUT2D eigenvalue weighted by Gasteiger charge is -2.23. The number of ether oxygens (including phenoxy) is 1. The van der Waals surface area contributed by atoms with Crippen molar-refractivity contribution in [3.63, 3.8) is 0 Å². The molecule has 112 valence electrons. The van der Waals surface area contributed by atoms with E-state index in [1.807, 2.05) is 24.6 Å². The number of nitrogens with zero attached hydrogens (tertiary/aromatic N) is 2. The van der Waals surface area contributed by atoms with E-state index in [4.69, 9.17) is 16.3 Å². The van der Waals surface area contributed by atoms with Crippen molar-refractivity contribution < 1.29 is 14.8 Å². The molecule has 1 atom stereocenters. The van der Waals surface area contributed by atoms with Crippen LogP contribution in [0.4, 0.5) is 0 Å². The van der Waals surface area contributed by atoms with Crippen molar-refractivity contribution in [3.8, 4) is 0 Å². The van der Waals surface area contributed by atoms with Crippen LogP contribution in [-0.2, 0) is 4.74 Å². The van der Waals surface area contributed by atoms with Crippen LogP contribution >= 0.6 is 11.6 Å². The lowest BCUT2D eigenvalue weighted by molar-refractivity contribution is -0.0368. The Hall–Kier alpha value is -1.08. The normalized spacial score (nSPS) is 19.2. The highest BCUT2D eigenvalue weighted by atomic mass is 35.5. The van der Waals surface area contributed by atoms with Gasteiger partial charge in [-0.2, -0.15) is 5.10 Å². The van der Waals surface area contributed by atoms with Gasteiger partial charge < -0.3 is 14.8 Å². The number of halogens is 1.